The Bertz CT molecular complexity index is 1320. The van der Waals surface area contributed by atoms with Gasteiger partial charge in [0.1, 0.15) is 5.92 Å². The number of fused-ring (bicyclic) bond motifs is 1. The van der Waals surface area contributed by atoms with Gasteiger partial charge in [-0.05, 0) is 11.6 Å². The maximum atomic E-state index is 13.8. The SMILES string of the molecule is O=C(CCOCC(c1cccc2c(=O)[nH]ncc12)C(F)(F)F)N1CCN(c2ncc(C(F)(F)F)cn2)CC1. The van der Waals surface area contributed by atoms with Gasteiger partial charge in [0.15, 0.2) is 0 Å². The molecule has 0 bridgehead atoms. The number of hydrogen-bond acceptors (Lipinski definition) is 7. The molecule has 3 aromatic rings. The molecule has 9 nitrogen and oxygen atoms in total. The van der Waals surface area contributed by atoms with Gasteiger partial charge < -0.3 is 14.5 Å². The van der Waals surface area contributed by atoms with Crippen molar-refractivity contribution in [2.75, 3.05) is 44.3 Å². The quantitative estimate of drug-likeness (QED) is 0.360. The molecule has 1 aliphatic rings. The summed E-state index contributed by atoms with van der Waals surface area (Å²) in [5.41, 5.74) is -1.73. The third kappa shape index (κ3) is 6.20. The zero-order valence-corrected chi connectivity index (χ0v) is 19.7. The topological polar surface area (TPSA) is 104 Å². The molecule has 1 fully saturated rings. The molecule has 1 amide bonds. The summed E-state index contributed by atoms with van der Waals surface area (Å²) in [5, 5.41) is 5.91. The molecular weight excluding hydrogens is 522 g/mol. The first-order chi connectivity index (χ1) is 17.9. The Hall–Kier alpha value is -3.75. The van der Waals surface area contributed by atoms with Gasteiger partial charge in [-0.25, -0.2) is 15.1 Å². The first-order valence-corrected chi connectivity index (χ1v) is 11.5. The number of ether oxygens (including phenoxy) is 1. The van der Waals surface area contributed by atoms with Gasteiger partial charge in [-0.2, -0.15) is 31.4 Å². The standard InChI is InChI=1S/C23H22F6N6O3/c24-22(25,26)14-10-30-21(31-11-14)35-7-5-34(6-8-35)19(36)4-9-38-13-18(23(27,28)29)15-2-1-3-16-17(15)12-32-33-20(16)37/h1-3,10-12,18H,4-9,13H2,(H,33,37). The minimum Gasteiger partial charge on any atom is -0.380 e. The highest BCUT2D eigenvalue weighted by atomic mass is 19.4. The van der Waals surface area contributed by atoms with Gasteiger partial charge in [0.05, 0.1) is 36.8 Å². The molecule has 1 aliphatic heterocycles. The Morgan fingerprint density at radius 2 is 1.68 bits per heavy atom. The molecule has 0 radical (unpaired) electrons. The summed E-state index contributed by atoms with van der Waals surface area (Å²) in [4.78, 5) is 35.1. The molecule has 3 heterocycles. The van der Waals surface area contributed by atoms with Crippen LogP contribution >= 0.6 is 0 Å². The molecule has 0 aliphatic carbocycles. The van der Waals surface area contributed by atoms with E-state index in [-0.39, 0.29) is 67.4 Å². The molecule has 1 N–H and O–H groups in total. The zero-order chi connectivity index (χ0) is 27.5. The van der Waals surface area contributed by atoms with Crippen LogP contribution < -0.4 is 10.5 Å². The molecule has 1 atom stereocenters. The number of halogens is 6. The van der Waals surface area contributed by atoms with Crippen LogP contribution in [0.3, 0.4) is 0 Å². The average Bonchev–Trinajstić information content (AvgIpc) is 2.88. The number of amides is 1. The number of alkyl halides is 6. The van der Waals surface area contributed by atoms with Crippen molar-refractivity contribution in [1.29, 1.82) is 0 Å². The summed E-state index contributed by atoms with van der Waals surface area (Å²) < 4.78 is 84.8. The highest BCUT2D eigenvalue weighted by molar-refractivity contribution is 5.84. The number of benzene rings is 1. The van der Waals surface area contributed by atoms with E-state index in [9.17, 15) is 35.9 Å². The third-order valence-electron chi connectivity index (χ3n) is 6.14. The van der Waals surface area contributed by atoms with Crippen molar-refractivity contribution >= 4 is 22.6 Å². The Balaban J connectivity index is 1.29. The van der Waals surface area contributed by atoms with Crippen LogP contribution in [0.1, 0.15) is 23.5 Å². The predicted octanol–water partition coefficient (Wildman–Crippen LogP) is 3.13. The van der Waals surface area contributed by atoms with Crippen LogP contribution in [0.15, 0.2) is 41.6 Å². The molecule has 0 saturated carbocycles. The van der Waals surface area contributed by atoms with Crippen LogP contribution in [0.5, 0.6) is 0 Å². The third-order valence-corrected chi connectivity index (χ3v) is 6.14. The largest absolute Gasteiger partial charge is 0.419 e. The average molecular weight is 544 g/mol. The van der Waals surface area contributed by atoms with Crippen LogP contribution in [-0.2, 0) is 15.7 Å². The highest BCUT2D eigenvalue weighted by Gasteiger charge is 2.42. The van der Waals surface area contributed by atoms with Gasteiger partial charge in [-0.1, -0.05) is 12.1 Å². The molecule has 0 spiro atoms. The Morgan fingerprint density at radius 3 is 2.32 bits per heavy atom. The van der Waals surface area contributed by atoms with Crippen molar-refractivity contribution in [2.24, 2.45) is 0 Å². The lowest BCUT2D eigenvalue weighted by Gasteiger charge is -2.34. The number of carbonyl (C=O) groups is 1. The summed E-state index contributed by atoms with van der Waals surface area (Å²) >= 11 is 0. The van der Waals surface area contributed by atoms with Crippen molar-refractivity contribution in [3.63, 3.8) is 0 Å². The number of aromatic nitrogens is 4. The Kier molecular flexibility index (Phi) is 7.85. The Morgan fingerprint density at radius 1 is 1.00 bits per heavy atom. The zero-order valence-electron chi connectivity index (χ0n) is 19.7. The number of carbonyl (C=O) groups excluding carboxylic acids is 1. The van der Waals surface area contributed by atoms with E-state index < -0.39 is 36.0 Å². The van der Waals surface area contributed by atoms with Gasteiger partial charge in [-0.15, -0.1) is 0 Å². The second kappa shape index (κ2) is 10.9. The molecule has 2 aromatic heterocycles. The van der Waals surface area contributed by atoms with E-state index in [2.05, 4.69) is 20.2 Å². The van der Waals surface area contributed by atoms with Crippen molar-refractivity contribution in [3.05, 3.63) is 58.3 Å². The number of anilines is 1. The van der Waals surface area contributed by atoms with Crippen molar-refractivity contribution in [3.8, 4) is 0 Å². The molecule has 4 rings (SSSR count). The fourth-order valence-corrected chi connectivity index (χ4v) is 4.11. The van der Waals surface area contributed by atoms with E-state index in [1.54, 1.807) is 4.90 Å². The number of rotatable bonds is 7. The first-order valence-electron chi connectivity index (χ1n) is 11.5. The summed E-state index contributed by atoms with van der Waals surface area (Å²) in [6, 6.07) is 4.01. The maximum absolute atomic E-state index is 13.8. The predicted molar refractivity (Wildman–Crippen MR) is 122 cm³/mol. The normalized spacial score (nSPS) is 15.6. The smallest absolute Gasteiger partial charge is 0.380 e. The number of H-pyrrole nitrogens is 1. The van der Waals surface area contributed by atoms with E-state index in [4.69, 9.17) is 4.74 Å². The van der Waals surface area contributed by atoms with E-state index in [0.29, 0.717) is 12.4 Å². The van der Waals surface area contributed by atoms with Crippen LogP contribution in [0, 0.1) is 0 Å². The van der Waals surface area contributed by atoms with Crippen molar-refractivity contribution < 1.29 is 35.9 Å². The summed E-state index contributed by atoms with van der Waals surface area (Å²) in [6.07, 6.45) is -6.83. The van der Waals surface area contributed by atoms with E-state index in [1.807, 2.05) is 0 Å². The van der Waals surface area contributed by atoms with Crippen molar-refractivity contribution in [2.45, 2.75) is 24.7 Å². The molecular formula is C23H22F6N6O3. The Labute approximate surface area is 211 Å². The summed E-state index contributed by atoms with van der Waals surface area (Å²) in [7, 11) is 0. The minimum atomic E-state index is -4.67. The van der Waals surface area contributed by atoms with Gasteiger partial charge >= 0.3 is 12.4 Å². The molecule has 1 saturated heterocycles. The molecule has 15 heteroatoms. The van der Waals surface area contributed by atoms with Gasteiger partial charge in [0.25, 0.3) is 5.56 Å². The van der Waals surface area contributed by atoms with Gasteiger partial charge in [-0.3, -0.25) is 9.59 Å². The molecule has 38 heavy (non-hydrogen) atoms. The van der Waals surface area contributed by atoms with Crippen LogP contribution in [-0.4, -0.2) is 76.5 Å². The second-order valence-electron chi connectivity index (χ2n) is 8.56. The lowest BCUT2D eigenvalue weighted by Crippen LogP contribution is -2.49. The summed E-state index contributed by atoms with van der Waals surface area (Å²) in [5.74, 6) is -2.25. The van der Waals surface area contributed by atoms with E-state index in [1.165, 1.54) is 23.1 Å². The second-order valence-corrected chi connectivity index (χ2v) is 8.56. The lowest BCUT2D eigenvalue weighted by atomic mass is 9.95. The fourth-order valence-electron chi connectivity index (χ4n) is 4.11. The number of aromatic amines is 1. The van der Waals surface area contributed by atoms with Gasteiger partial charge in [0.2, 0.25) is 11.9 Å². The van der Waals surface area contributed by atoms with Crippen LogP contribution in [0.25, 0.3) is 10.8 Å². The highest BCUT2D eigenvalue weighted by Crippen LogP contribution is 2.37. The monoisotopic (exact) mass is 544 g/mol. The first kappa shape index (κ1) is 27.3. The van der Waals surface area contributed by atoms with Crippen LogP contribution in [0.4, 0.5) is 32.3 Å². The van der Waals surface area contributed by atoms with Crippen LogP contribution in [0.2, 0.25) is 0 Å². The number of piperazine rings is 1. The van der Waals surface area contributed by atoms with E-state index >= 15 is 0 Å². The minimum absolute atomic E-state index is 0.0631. The lowest BCUT2D eigenvalue weighted by molar-refractivity contribution is -0.162. The summed E-state index contributed by atoms with van der Waals surface area (Å²) in [6.45, 7) is 0.0432. The number of hydrogen-bond donors (Lipinski definition) is 1. The maximum Gasteiger partial charge on any atom is 0.419 e. The van der Waals surface area contributed by atoms with E-state index in [0.717, 1.165) is 6.20 Å². The number of nitrogens with one attached hydrogen (secondary N) is 1. The fraction of sp³-hybridized carbons (Fsp3) is 0.435. The van der Waals surface area contributed by atoms with Crippen molar-refractivity contribution in [1.82, 2.24) is 25.1 Å². The molecule has 1 aromatic carbocycles. The molecule has 1 unspecified atom stereocenters. The molecule has 204 valence electrons. The van der Waals surface area contributed by atoms with Gasteiger partial charge in [0, 0.05) is 44.0 Å². The number of nitrogens with zero attached hydrogens (tertiary/aromatic N) is 5.